The minimum absolute atomic E-state index is 0.477. The molecule has 0 atom stereocenters. The zero-order valence-electron chi connectivity index (χ0n) is 13.1. The highest BCUT2D eigenvalue weighted by atomic mass is 32.2. The number of hydrogen-bond donors (Lipinski definition) is 2. The molecule has 6 nitrogen and oxygen atoms in total. The van der Waals surface area contributed by atoms with Gasteiger partial charge in [0, 0.05) is 32.2 Å². The van der Waals surface area contributed by atoms with Gasteiger partial charge in [0.05, 0.1) is 0 Å². The van der Waals surface area contributed by atoms with Gasteiger partial charge < -0.3 is 10.6 Å². The van der Waals surface area contributed by atoms with Crippen LogP contribution in [0.15, 0.2) is 0 Å². The normalized spacial score (nSPS) is 23.2. The molecule has 1 heterocycles. The van der Waals surface area contributed by atoms with Crippen LogP contribution in [-0.4, -0.2) is 63.4 Å². The van der Waals surface area contributed by atoms with Crippen molar-refractivity contribution in [2.75, 3.05) is 39.8 Å². The lowest BCUT2D eigenvalue weighted by atomic mass is 9.99. The number of likely N-dealkylation sites (N-methyl/N-ethyl adjacent to an activating group) is 1. The Bertz CT molecular complexity index is 401. The van der Waals surface area contributed by atoms with Crippen molar-refractivity contribution < 1.29 is 8.42 Å². The van der Waals surface area contributed by atoms with Gasteiger partial charge in [0.15, 0.2) is 0 Å². The molecule has 0 aromatic rings. The van der Waals surface area contributed by atoms with Crippen LogP contribution >= 0.6 is 0 Å². The van der Waals surface area contributed by atoms with E-state index in [1.807, 2.05) is 0 Å². The minimum atomic E-state index is -3.32. The second-order valence-corrected chi connectivity index (χ2v) is 8.15. The molecular weight excluding hydrogens is 288 g/mol. The second-order valence-electron chi connectivity index (χ2n) is 6.40. The van der Waals surface area contributed by atoms with Crippen LogP contribution < -0.4 is 10.5 Å². The lowest BCUT2D eigenvalue weighted by Gasteiger charge is -2.31. The SMILES string of the molecule is CN(CCNS(=O)(=O)N1CCC(CN)CC1)C1CCCC1. The Morgan fingerprint density at radius 1 is 1.19 bits per heavy atom. The summed E-state index contributed by atoms with van der Waals surface area (Å²) in [5.41, 5.74) is 5.64. The Morgan fingerprint density at radius 3 is 2.38 bits per heavy atom. The fourth-order valence-electron chi connectivity index (χ4n) is 3.36. The van der Waals surface area contributed by atoms with Gasteiger partial charge in [-0.15, -0.1) is 0 Å². The van der Waals surface area contributed by atoms with Gasteiger partial charge in [0.2, 0.25) is 0 Å². The van der Waals surface area contributed by atoms with E-state index in [9.17, 15) is 8.42 Å². The van der Waals surface area contributed by atoms with Crippen molar-refractivity contribution in [2.45, 2.75) is 44.6 Å². The largest absolute Gasteiger partial charge is 0.330 e. The molecule has 7 heteroatoms. The molecule has 0 radical (unpaired) electrons. The standard InChI is InChI=1S/C14H30N4O2S/c1-17(14-4-2-3-5-14)11-8-16-21(19,20)18-9-6-13(12-15)7-10-18/h13-14,16H,2-12,15H2,1H3. The van der Waals surface area contributed by atoms with Crippen LogP contribution in [0.25, 0.3) is 0 Å². The first kappa shape index (κ1) is 17.1. The van der Waals surface area contributed by atoms with Crippen LogP contribution in [0.1, 0.15) is 38.5 Å². The summed E-state index contributed by atoms with van der Waals surface area (Å²) < 4.78 is 28.8. The van der Waals surface area contributed by atoms with Crippen LogP contribution in [0.4, 0.5) is 0 Å². The van der Waals surface area contributed by atoms with Gasteiger partial charge in [-0.1, -0.05) is 12.8 Å². The van der Waals surface area contributed by atoms with E-state index in [0.717, 1.165) is 19.4 Å². The fourth-order valence-corrected chi connectivity index (χ4v) is 4.58. The molecule has 0 aromatic carbocycles. The number of nitrogens with zero attached hydrogens (tertiary/aromatic N) is 2. The number of hydrogen-bond acceptors (Lipinski definition) is 4. The van der Waals surface area contributed by atoms with E-state index in [0.29, 0.717) is 38.1 Å². The number of piperidine rings is 1. The van der Waals surface area contributed by atoms with Crippen LogP contribution in [0, 0.1) is 5.92 Å². The average molecular weight is 318 g/mol. The summed E-state index contributed by atoms with van der Waals surface area (Å²) in [5, 5.41) is 0. The molecule has 3 N–H and O–H groups in total. The Labute approximate surface area is 129 Å². The zero-order chi connectivity index (χ0) is 15.3. The molecule has 124 valence electrons. The van der Waals surface area contributed by atoms with Crippen LogP contribution in [-0.2, 0) is 10.2 Å². The van der Waals surface area contributed by atoms with Gasteiger partial charge in [0.25, 0.3) is 10.2 Å². The molecule has 1 aliphatic carbocycles. The van der Waals surface area contributed by atoms with E-state index in [1.54, 1.807) is 4.31 Å². The Balaban J connectivity index is 1.71. The lowest BCUT2D eigenvalue weighted by molar-refractivity contribution is 0.246. The van der Waals surface area contributed by atoms with Crippen LogP contribution in [0.3, 0.4) is 0 Å². The molecule has 0 bridgehead atoms. The van der Waals surface area contributed by atoms with E-state index >= 15 is 0 Å². The summed E-state index contributed by atoms with van der Waals surface area (Å²) in [6.45, 7) is 3.12. The first-order valence-corrected chi connectivity index (χ1v) is 9.62. The van der Waals surface area contributed by atoms with E-state index in [4.69, 9.17) is 5.73 Å². The van der Waals surface area contributed by atoms with Crippen molar-refractivity contribution >= 4 is 10.2 Å². The lowest BCUT2D eigenvalue weighted by Crippen LogP contribution is -2.47. The highest BCUT2D eigenvalue weighted by Gasteiger charge is 2.27. The van der Waals surface area contributed by atoms with Crippen molar-refractivity contribution in [3.63, 3.8) is 0 Å². The molecule has 0 aromatic heterocycles. The zero-order valence-corrected chi connectivity index (χ0v) is 13.9. The molecule has 21 heavy (non-hydrogen) atoms. The van der Waals surface area contributed by atoms with Gasteiger partial charge >= 0.3 is 0 Å². The number of rotatable bonds is 7. The van der Waals surface area contributed by atoms with Crippen molar-refractivity contribution in [2.24, 2.45) is 11.7 Å². The molecule has 2 rings (SSSR count). The fraction of sp³-hybridized carbons (Fsp3) is 1.00. The third-order valence-electron chi connectivity index (χ3n) is 4.94. The van der Waals surface area contributed by atoms with E-state index in [2.05, 4.69) is 16.7 Å². The predicted octanol–water partition coefficient (Wildman–Crippen LogP) is 0.366. The van der Waals surface area contributed by atoms with Gasteiger partial charge in [-0.3, -0.25) is 0 Å². The molecule has 2 fully saturated rings. The smallest absolute Gasteiger partial charge is 0.279 e. The van der Waals surface area contributed by atoms with E-state index in [1.165, 1.54) is 25.7 Å². The first-order valence-electron chi connectivity index (χ1n) is 8.18. The van der Waals surface area contributed by atoms with Crippen molar-refractivity contribution in [3.05, 3.63) is 0 Å². The topological polar surface area (TPSA) is 78.7 Å². The highest BCUT2D eigenvalue weighted by Crippen LogP contribution is 2.22. The predicted molar refractivity (Wildman–Crippen MR) is 85.2 cm³/mol. The maximum Gasteiger partial charge on any atom is 0.279 e. The van der Waals surface area contributed by atoms with Gasteiger partial charge in [0.1, 0.15) is 0 Å². The molecule has 0 unspecified atom stereocenters. The molecule has 1 saturated carbocycles. The minimum Gasteiger partial charge on any atom is -0.330 e. The van der Waals surface area contributed by atoms with Gasteiger partial charge in [-0.2, -0.15) is 12.7 Å². The van der Waals surface area contributed by atoms with Crippen LogP contribution in [0.2, 0.25) is 0 Å². The quantitative estimate of drug-likeness (QED) is 0.711. The summed E-state index contributed by atoms with van der Waals surface area (Å²) in [6, 6.07) is 0.634. The van der Waals surface area contributed by atoms with E-state index in [-0.39, 0.29) is 0 Å². The highest BCUT2D eigenvalue weighted by molar-refractivity contribution is 7.87. The Kier molecular flexibility index (Phi) is 6.43. The first-order chi connectivity index (χ1) is 10.0. The third kappa shape index (κ3) is 4.89. The van der Waals surface area contributed by atoms with Gasteiger partial charge in [-0.25, -0.2) is 4.72 Å². The number of nitrogens with two attached hydrogens (primary N) is 1. The summed E-state index contributed by atoms with van der Waals surface area (Å²) in [6.07, 6.45) is 6.85. The monoisotopic (exact) mass is 318 g/mol. The summed E-state index contributed by atoms with van der Waals surface area (Å²) in [4.78, 5) is 2.29. The number of nitrogens with one attached hydrogen (secondary N) is 1. The molecule has 0 amide bonds. The Morgan fingerprint density at radius 2 is 1.81 bits per heavy atom. The Hall–Kier alpha value is -0.210. The van der Waals surface area contributed by atoms with E-state index < -0.39 is 10.2 Å². The molecular formula is C14H30N4O2S. The third-order valence-corrected chi connectivity index (χ3v) is 6.56. The molecule has 2 aliphatic rings. The molecule has 1 aliphatic heterocycles. The maximum atomic E-state index is 12.2. The summed E-state index contributed by atoms with van der Waals surface area (Å²) in [7, 11) is -1.22. The molecule has 0 spiro atoms. The average Bonchev–Trinajstić information content (AvgIpc) is 3.01. The van der Waals surface area contributed by atoms with Crippen molar-refractivity contribution in [1.29, 1.82) is 0 Å². The van der Waals surface area contributed by atoms with Crippen molar-refractivity contribution in [3.8, 4) is 0 Å². The van der Waals surface area contributed by atoms with Crippen LogP contribution in [0.5, 0.6) is 0 Å². The summed E-state index contributed by atoms with van der Waals surface area (Å²) >= 11 is 0. The molecule has 1 saturated heterocycles. The van der Waals surface area contributed by atoms with Gasteiger partial charge in [-0.05, 0) is 45.2 Å². The second kappa shape index (κ2) is 7.87. The van der Waals surface area contributed by atoms with Crippen molar-refractivity contribution in [1.82, 2.24) is 13.9 Å². The maximum absolute atomic E-state index is 12.2. The summed E-state index contributed by atoms with van der Waals surface area (Å²) in [5.74, 6) is 0.477.